The van der Waals surface area contributed by atoms with E-state index in [0.29, 0.717) is 0 Å². The number of carbonyl (C=O) groups is 1. The average molecular weight is 388 g/mol. The molecule has 2 rings (SSSR count). The number of rotatable bonds is 3. The number of hydrogen-bond acceptors (Lipinski definition) is 4. The Bertz CT molecular complexity index is 697. The topological polar surface area (TPSA) is 63.7 Å². The van der Waals surface area contributed by atoms with Gasteiger partial charge in [0.25, 0.3) is 10.0 Å². The largest absolute Gasteiger partial charge is 0.447 e. The third kappa shape index (κ3) is 3.05. The molecule has 0 aromatic heterocycles. The first-order valence-corrected chi connectivity index (χ1v) is 9.19. The number of cyclic esters (lactones) is 1. The van der Waals surface area contributed by atoms with Crippen LogP contribution >= 0.6 is 15.9 Å². The van der Waals surface area contributed by atoms with Gasteiger partial charge in [-0.25, -0.2) is 13.2 Å². The second-order valence-electron chi connectivity index (χ2n) is 5.18. The highest BCUT2D eigenvalue weighted by atomic mass is 79.9. The van der Waals surface area contributed by atoms with Crippen LogP contribution in [0.3, 0.4) is 0 Å². The number of nitrogens with zero attached hydrogens (tertiary/aromatic N) is 1. The second kappa shape index (κ2) is 6.42. The summed E-state index contributed by atoms with van der Waals surface area (Å²) < 4.78 is 31.5. The highest BCUT2D eigenvalue weighted by Gasteiger charge is 2.44. The van der Waals surface area contributed by atoms with E-state index in [0.717, 1.165) is 15.4 Å². The van der Waals surface area contributed by atoms with Crippen LogP contribution in [0.25, 0.3) is 0 Å². The fraction of sp³-hybridized carbons (Fsp3) is 0.400. The Morgan fingerprint density at radius 1 is 1.36 bits per heavy atom. The summed E-state index contributed by atoms with van der Waals surface area (Å²) in [5, 5.41) is 0. The molecule has 1 aliphatic rings. The van der Waals surface area contributed by atoms with Gasteiger partial charge < -0.3 is 4.74 Å². The number of amides is 1. The van der Waals surface area contributed by atoms with Gasteiger partial charge in [0.1, 0.15) is 6.61 Å². The van der Waals surface area contributed by atoms with E-state index in [1.165, 1.54) is 12.1 Å². The van der Waals surface area contributed by atoms with E-state index >= 15 is 0 Å². The minimum absolute atomic E-state index is 0.0746. The summed E-state index contributed by atoms with van der Waals surface area (Å²) in [4.78, 5) is 11.9. The summed E-state index contributed by atoms with van der Waals surface area (Å²) in [6.45, 7) is 5.61. The lowest BCUT2D eigenvalue weighted by molar-refractivity contribution is 0.0909. The Kier molecular flexibility index (Phi) is 4.97. The molecule has 1 heterocycles. The SMILES string of the molecule is C/C=C(\C)[C@@H]1[C@@H](Br)COC(=O)N1S(=O)(=O)c1ccc(C)cc1. The molecule has 5 nitrogen and oxygen atoms in total. The van der Waals surface area contributed by atoms with Gasteiger partial charge in [-0.2, -0.15) is 4.31 Å². The Hall–Kier alpha value is -1.34. The molecule has 7 heteroatoms. The minimum atomic E-state index is -3.98. The number of halogens is 1. The summed E-state index contributed by atoms with van der Waals surface area (Å²) >= 11 is 3.42. The molecule has 1 aromatic rings. The highest BCUT2D eigenvalue weighted by Crippen LogP contribution is 2.31. The Balaban J connectivity index is 2.53. The predicted molar refractivity (Wildman–Crippen MR) is 87.5 cm³/mol. The summed E-state index contributed by atoms with van der Waals surface area (Å²) in [7, 11) is -3.98. The van der Waals surface area contributed by atoms with Crippen LogP contribution in [0, 0.1) is 6.92 Å². The number of ether oxygens (including phenoxy) is 1. The standard InChI is InChI=1S/C15H18BrNO4S/c1-4-11(3)14-13(16)9-21-15(18)17(14)22(19,20)12-7-5-10(2)6-8-12/h4-8,13-14H,9H2,1-3H3/b11-4+/t13-,14+/m0/s1. The Morgan fingerprint density at radius 3 is 2.50 bits per heavy atom. The number of aryl methyl sites for hydroxylation is 1. The maximum atomic E-state index is 12.9. The lowest BCUT2D eigenvalue weighted by Crippen LogP contribution is -2.54. The number of sulfonamides is 1. The maximum absolute atomic E-state index is 12.9. The van der Waals surface area contributed by atoms with Gasteiger partial charge in [-0.05, 0) is 32.9 Å². The van der Waals surface area contributed by atoms with Gasteiger partial charge in [-0.1, -0.05) is 45.3 Å². The Morgan fingerprint density at radius 2 is 1.95 bits per heavy atom. The molecular weight excluding hydrogens is 370 g/mol. The lowest BCUT2D eigenvalue weighted by Gasteiger charge is -2.37. The first kappa shape index (κ1) is 17.0. The van der Waals surface area contributed by atoms with Crippen molar-refractivity contribution in [3.8, 4) is 0 Å². The molecule has 0 aliphatic carbocycles. The van der Waals surface area contributed by atoms with Gasteiger partial charge in [-0.15, -0.1) is 0 Å². The number of carbonyl (C=O) groups excluding carboxylic acids is 1. The fourth-order valence-corrected chi connectivity index (χ4v) is 4.79. The van der Waals surface area contributed by atoms with E-state index < -0.39 is 22.2 Å². The summed E-state index contributed by atoms with van der Waals surface area (Å²) in [6.07, 6.45) is 0.956. The normalized spacial score (nSPS) is 23.4. The summed E-state index contributed by atoms with van der Waals surface area (Å²) in [5.74, 6) is 0. The van der Waals surface area contributed by atoms with E-state index in [9.17, 15) is 13.2 Å². The van der Waals surface area contributed by atoms with Crippen molar-refractivity contribution in [3.05, 3.63) is 41.5 Å². The van der Waals surface area contributed by atoms with Crippen molar-refractivity contribution in [2.24, 2.45) is 0 Å². The van der Waals surface area contributed by atoms with Crippen molar-refractivity contribution < 1.29 is 17.9 Å². The van der Waals surface area contributed by atoms with Gasteiger partial charge >= 0.3 is 6.09 Å². The monoisotopic (exact) mass is 387 g/mol. The summed E-state index contributed by atoms with van der Waals surface area (Å²) in [5.41, 5.74) is 1.73. The molecule has 0 bridgehead atoms. The van der Waals surface area contributed by atoms with Gasteiger partial charge in [0.05, 0.1) is 15.8 Å². The predicted octanol–water partition coefficient (Wildman–Crippen LogP) is 3.23. The highest BCUT2D eigenvalue weighted by molar-refractivity contribution is 9.09. The molecular formula is C15H18BrNO4S. The number of benzene rings is 1. The Labute approximate surface area is 139 Å². The number of hydrogen-bond donors (Lipinski definition) is 0. The number of alkyl halides is 1. The molecule has 1 saturated heterocycles. The van der Waals surface area contributed by atoms with Crippen LogP contribution in [-0.2, 0) is 14.8 Å². The molecule has 0 saturated carbocycles. The lowest BCUT2D eigenvalue weighted by atomic mass is 10.1. The van der Waals surface area contributed by atoms with Crippen LogP contribution in [0.1, 0.15) is 19.4 Å². The molecule has 120 valence electrons. The van der Waals surface area contributed by atoms with Crippen LogP contribution < -0.4 is 0 Å². The third-order valence-electron chi connectivity index (χ3n) is 3.64. The van der Waals surface area contributed by atoms with Gasteiger partial charge in [0.15, 0.2) is 0 Å². The first-order chi connectivity index (χ1) is 10.3. The molecule has 22 heavy (non-hydrogen) atoms. The van der Waals surface area contributed by atoms with Gasteiger partial charge in [-0.3, -0.25) is 0 Å². The second-order valence-corrected chi connectivity index (χ2v) is 8.18. The van der Waals surface area contributed by atoms with Crippen LogP contribution in [-0.4, -0.2) is 36.3 Å². The van der Waals surface area contributed by atoms with Gasteiger partial charge in [0, 0.05) is 0 Å². The van der Waals surface area contributed by atoms with Crippen LogP contribution in [0.4, 0.5) is 4.79 Å². The quantitative estimate of drug-likeness (QED) is 0.589. The molecule has 1 amide bonds. The molecule has 0 unspecified atom stereocenters. The van der Waals surface area contributed by atoms with Crippen LogP contribution in [0.2, 0.25) is 0 Å². The molecule has 1 fully saturated rings. The molecule has 0 spiro atoms. The fourth-order valence-electron chi connectivity index (χ4n) is 2.28. The molecule has 0 radical (unpaired) electrons. The van der Waals surface area contributed by atoms with Crippen molar-refractivity contribution in [3.63, 3.8) is 0 Å². The zero-order chi connectivity index (χ0) is 16.5. The molecule has 0 N–H and O–H groups in total. The zero-order valence-electron chi connectivity index (χ0n) is 12.6. The van der Waals surface area contributed by atoms with Crippen LogP contribution in [0.5, 0.6) is 0 Å². The smallest absolute Gasteiger partial charge is 0.424 e. The van der Waals surface area contributed by atoms with E-state index in [4.69, 9.17) is 4.74 Å². The van der Waals surface area contributed by atoms with Crippen molar-refractivity contribution in [1.82, 2.24) is 4.31 Å². The molecule has 1 aromatic carbocycles. The van der Waals surface area contributed by atoms with E-state index in [-0.39, 0.29) is 16.3 Å². The maximum Gasteiger partial charge on any atom is 0.424 e. The van der Waals surface area contributed by atoms with E-state index in [1.54, 1.807) is 25.1 Å². The average Bonchev–Trinajstić information content (AvgIpc) is 2.48. The van der Waals surface area contributed by atoms with Gasteiger partial charge in [0.2, 0.25) is 0 Å². The minimum Gasteiger partial charge on any atom is -0.447 e. The van der Waals surface area contributed by atoms with Crippen molar-refractivity contribution >= 4 is 32.0 Å². The third-order valence-corrected chi connectivity index (χ3v) is 6.17. The number of allylic oxidation sites excluding steroid dienone is 1. The zero-order valence-corrected chi connectivity index (χ0v) is 15.0. The van der Waals surface area contributed by atoms with Crippen molar-refractivity contribution in [2.45, 2.75) is 36.5 Å². The van der Waals surface area contributed by atoms with E-state index in [2.05, 4.69) is 15.9 Å². The van der Waals surface area contributed by atoms with E-state index in [1.807, 2.05) is 13.8 Å². The molecule has 1 aliphatic heterocycles. The summed E-state index contributed by atoms with van der Waals surface area (Å²) in [6, 6.07) is 5.80. The van der Waals surface area contributed by atoms with Crippen molar-refractivity contribution in [1.29, 1.82) is 0 Å². The molecule has 2 atom stereocenters. The van der Waals surface area contributed by atoms with Crippen molar-refractivity contribution in [2.75, 3.05) is 6.61 Å². The first-order valence-electron chi connectivity index (χ1n) is 6.83. The van der Waals surface area contributed by atoms with Crippen LogP contribution in [0.15, 0.2) is 40.8 Å².